The van der Waals surface area contributed by atoms with Gasteiger partial charge >= 0.3 is 0 Å². The Morgan fingerprint density at radius 1 is 1.70 bits per heavy atom. The third kappa shape index (κ3) is 1.10. The van der Waals surface area contributed by atoms with Gasteiger partial charge in [-0.3, -0.25) is 0 Å². The van der Waals surface area contributed by atoms with Crippen molar-refractivity contribution < 1.29 is 14.9 Å². The SMILES string of the molecule is [B]C1OC(CO)C(=C)C1O. The maximum Gasteiger partial charge on any atom is 0.113 e. The fourth-order valence-corrected chi connectivity index (χ4v) is 0.913. The van der Waals surface area contributed by atoms with E-state index >= 15 is 0 Å². The smallest absolute Gasteiger partial charge is 0.113 e. The van der Waals surface area contributed by atoms with E-state index in [-0.39, 0.29) is 6.61 Å². The van der Waals surface area contributed by atoms with E-state index < -0.39 is 18.2 Å². The van der Waals surface area contributed by atoms with E-state index in [9.17, 15) is 0 Å². The average Bonchev–Trinajstić information content (AvgIpc) is 2.17. The van der Waals surface area contributed by atoms with E-state index in [2.05, 4.69) is 6.58 Å². The molecule has 0 aromatic rings. The van der Waals surface area contributed by atoms with E-state index in [1.807, 2.05) is 0 Å². The Hall–Kier alpha value is -0.315. The molecule has 1 heterocycles. The Labute approximate surface area is 60.7 Å². The molecule has 2 N–H and O–H groups in total. The molecule has 3 atom stereocenters. The van der Waals surface area contributed by atoms with Crippen molar-refractivity contribution in [1.29, 1.82) is 0 Å². The van der Waals surface area contributed by atoms with Gasteiger partial charge in [0, 0.05) is 6.00 Å². The quantitative estimate of drug-likeness (QED) is 0.355. The first-order valence-electron chi connectivity index (χ1n) is 3.05. The number of hydrogen-bond acceptors (Lipinski definition) is 3. The monoisotopic (exact) mass is 140 g/mol. The van der Waals surface area contributed by atoms with Crippen LogP contribution in [-0.2, 0) is 4.74 Å². The fraction of sp³-hybridized carbons (Fsp3) is 0.667. The summed E-state index contributed by atoms with van der Waals surface area (Å²) < 4.78 is 4.91. The van der Waals surface area contributed by atoms with Crippen LogP contribution in [0.5, 0.6) is 0 Å². The van der Waals surface area contributed by atoms with E-state index in [1.54, 1.807) is 0 Å². The number of aliphatic hydroxyl groups excluding tert-OH is 2. The van der Waals surface area contributed by atoms with E-state index in [0.717, 1.165) is 0 Å². The summed E-state index contributed by atoms with van der Waals surface area (Å²) in [4.78, 5) is 0. The van der Waals surface area contributed by atoms with Crippen LogP contribution in [0.15, 0.2) is 12.2 Å². The molecule has 1 fully saturated rings. The summed E-state index contributed by atoms with van der Waals surface area (Å²) in [5.74, 6) is 0. The van der Waals surface area contributed by atoms with Crippen LogP contribution in [0, 0.1) is 0 Å². The van der Waals surface area contributed by atoms with Gasteiger partial charge in [0.15, 0.2) is 0 Å². The Kier molecular flexibility index (Phi) is 2.13. The van der Waals surface area contributed by atoms with Crippen molar-refractivity contribution in [3.05, 3.63) is 12.2 Å². The summed E-state index contributed by atoms with van der Waals surface area (Å²) in [5.41, 5.74) is 0.454. The zero-order valence-electron chi connectivity index (χ0n) is 5.53. The van der Waals surface area contributed by atoms with Crippen LogP contribution in [0.2, 0.25) is 0 Å². The van der Waals surface area contributed by atoms with Crippen LogP contribution >= 0.6 is 0 Å². The molecule has 0 amide bonds. The zero-order valence-corrected chi connectivity index (χ0v) is 5.53. The van der Waals surface area contributed by atoms with Crippen LogP contribution in [0.4, 0.5) is 0 Å². The molecule has 0 bridgehead atoms. The molecule has 1 rings (SSSR count). The number of ether oxygens (including phenoxy) is 1. The van der Waals surface area contributed by atoms with E-state index in [1.165, 1.54) is 0 Å². The summed E-state index contributed by atoms with van der Waals surface area (Å²) in [7, 11) is 5.29. The molecule has 1 aliphatic heterocycles. The minimum Gasteiger partial charge on any atom is -0.393 e. The molecule has 1 aliphatic rings. The summed E-state index contributed by atoms with van der Waals surface area (Å²) in [6, 6.07) is -0.732. The highest BCUT2D eigenvalue weighted by molar-refractivity contribution is 6.12. The molecule has 3 nitrogen and oxygen atoms in total. The van der Waals surface area contributed by atoms with Gasteiger partial charge in [0.2, 0.25) is 0 Å². The van der Waals surface area contributed by atoms with E-state index in [4.69, 9.17) is 22.8 Å². The Bertz CT molecular complexity index is 148. The normalized spacial score (nSPS) is 40.6. The lowest BCUT2D eigenvalue weighted by atomic mass is 9.92. The first-order valence-corrected chi connectivity index (χ1v) is 3.05. The summed E-state index contributed by atoms with van der Waals surface area (Å²) >= 11 is 0. The minimum atomic E-state index is -0.836. The van der Waals surface area contributed by atoms with Gasteiger partial charge in [-0.05, 0) is 5.57 Å². The van der Waals surface area contributed by atoms with Crippen molar-refractivity contribution in [3.8, 4) is 0 Å². The van der Waals surface area contributed by atoms with Crippen molar-refractivity contribution in [2.24, 2.45) is 0 Å². The van der Waals surface area contributed by atoms with Crippen molar-refractivity contribution >= 4 is 7.85 Å². The second-order valence-electron chi connectivity index (χ2n) is 2.29. The first-order chi connectivity index (χ1) is 4.66. The highest BCUT2D eigenvalue weighted by Gasteiger charge is 2.33. The summed E-state index contributed by atoms with van der Waals surface area (Å²) in [6.45, 7) is 3.35. The Morgan fingerprint density at radius 2 is 2.30 bits per heavy atom. The molecule has 3 unspecified atom stereocenters. The predicted octanol–water partition coefficient (Wildman–Crippen LogP) is -1.21. The van der Waals surface area contributed by atoms with Crippen LogP contribution in [-0.4, -0.2) is 42.9 Å². The first kappa shape index (κ1) is 7.79. The summed E-state index contributed by atoms with van der Waals surface area (Å²) in [5, 5.41) is 17.7. The van der Waals surface area contributed by atoms with Crippen molar-refractivity contribution in [1.82, 2.24) is 0 Å². The number of rotatable bonds is 1. The predicted molar refractivity (Wildman–Crippen MR) is 36.6 cm³/mol. The molecule has 54 valence electrons. The van der Waals surface area contributed by atoms with Gasteiger partial charge in [-0.1, -0.05) is 6.58 Å². The highest BCUT2D eigenvalue weighted by atomic mass is 16.5. The van der Waals surface area contributed by atoms with Gasteiger partial charge in [-0.15, -0.1) is 0 Å². The van der Waals surface area contributed by atoms with Gasteiger partial charge in [0.05, 0.1) is 12.7 Å². The van der Waals surface area contributed by atoms with Gasteiger partial charge in [0.25, 0.3) is 0 Å². The molecule has 4 heteroatoms. The van der Waals surface area contributed by atoms with Crippen LogP contribution in [0.25, 0.3) is 0 Å². The van der Waals surface area contributed by atoms with E-state index in [0.29, 0.717) is 5.57 Å². The van der Waals surface area contributed by atoms with Crippen molar-refractivity contribution in [2.45, 2.75) is 18.2 Å². The van der Waals surface area contributed by atoms with Gasteiger partial charge in [0.1, 0.15) is 14.0 Å². The van der Waals surface area contributed by atoms with Crippen LogP contribution in [0.1, 0.15) is 0 Å². The van der Waals surface area contributed by atoms with Crippen molar-refractivity contribution in [2.75, 3.05) is 6.61 Å². The lowest BCUT2D eigenvalue weighted by Crippen LogP contribution is -2.21. The molecular formula is C6H9BO3. The maximum atomic E-state index is 9.11. The molecule has 10 heavy (non-hydrogen) atoms. The molecule has 0 spiro atoms. The molecule has 0 aliphatic carbocycles. The van der Waals surface area contributed by atoms with Gasteiger partial charge in [-0.25, -0.2) is 0 Å². The lowest BCUT2D eigenvalue weighted by Gasteiger charge is -2.05. The third-order valence-corrected chi connectivity index (χ3v) is 1.59. The van der Waals surface area contributed by atoms with Gasteiger partial charge < -0.3 is 14.9 Å². The van der Waals surface area contributed by atoms with Crippen LogP contribution in [0.3, 0.4) is 0 Å². The van der Waals surface area contributed by atoms with Gasteiger partial charge in [-0.2, -0.15) is 0 Å². The second-order valence-corrected chi connectivity index (χ2v) is 2.29. The van der Waals surface area contributed by atoms with Crippen molar-refractivity contribution in [3.63, 3.8) is 0 Å². The molecule has 1 saturated heterocycles. The standard InChI is InChI=1S/C6H9BO3/c1-3-4(2-8)10-6(7)5(3)9/h4-6,8-9H,1-2H2. The average molecular weight is 140 g/mol. The highest BCUT2D eigenvalue weighted by Crippen LogP contribution is 2.22. The molecule has 2 radical (unpaired) electrons. The number of hydrogen-bond donors (Lipinski definition) is 2. The molecule has 0 aromatic heterocycles. The minimum absolute atomic E-state index is 0.177. The Balaban J connectivity index is 2.62. The zero-order chi connectivity index (χ0) is 7.72. The lowest BCUT2D eigenvalue weighted by molar-refractivity contribution is 0.0336. The fourth-order valence-electron chi connectivity index (χ4n) is 0.913. The maximum absolute atomic E-state index is 9.11. The molecular weight excluding hydrogens is 131 g/mol. The van der Waals surface area contributed by atoms with Crippen LogP contribution < -0.4 is 0 Å². The Morgan fingerprint density at radius 3 is 2.50 bits per heavy atom. The topological polar surface area (TPSA) is 49.7 Å². The largest absolute Gasteiger partial charge is 0.393 e. The molecule has 0 saturated carbocycles. The second kappa shape index (κ2) is 2.74. The summed E-state index contributed by atoms with van der Waals surface area (Å²) in [6.07, 6.45) is -1.33. The third-order valence-electron chi connectivity index (χ3n) is 1.59. The molecule has 0 aromatic carbocycles. The number of aliphatic hydroxyl groups is 2.